The van der Waals surface area contributed by atoms with Crippen LogP contribution in [0.5, 0.6) is 0 Å². The highest BCUT2D eigenvalue weighted by Gasteiger charge is 2.27. The average Bonchev–Trinajstić information content (AvgIpc) is 2.53. The van der Waals surface area contributed by atoms with E-state index in [4.69, 9.17) is 5.11 Å². The average molecular weight is 337 g/mol. The molecule has 0 radical (unpaired) electrons. The van der Waals surface area contributed by atoms with Crippen LogP contribution >= 0.6 is 0 Å². The van der Waals surface area contributed by atoms with Gasteiger partial charge in [0.05, 0.1) is 5.56 Å². The summed E-state index contributed by atoms with van der Waals surface area (Å²) >= 11 is 0. The van der Waals surface area contributed by atoms with Gasteiger partial charge in [0, 0.05) is 17.7 Å². The Kier molecular flexibility index (Phi) is 5.23. The molecule has 126 valence electrons. The molecule has 1 amide bonds. The molecule has 0 bridgehead atoms. The van der Waals surface area contributed by atoms with Crippen molar-refractivity contribution in [2.75, 3.05) is 5.32 Å². The molecular weight excluding hydrogens is 323 g/mol. The standard InChI is InChI=1S/C17H14F3NO3/c18-17(19,20)9-8-11-4-1-2-7-14(11)21-15(22)12-5-3-6-13(10-12)16(23)24/h1-7,10H,8-9H2,(H,21,22)(H,23,24). The van der Waals surface area contributed by atoms with Crippen LogP contribution in [0.4, 0.5) is 18.9 Å². The fourth-order valence-electron chi connectivity index (χ4n) is 2.12. The van der Waals surface area contributed by atoms with Gasteiger partial charge in [0.2, 0.25) is 0 Å². The van der Waals surface area contributed by atoms with Crippen molar-refractivity contribution in [1.82, 2.24) is 0 Å². The zero-order valence-electron chi connectivity index (χ0n) is 12.4. The second-order valence-electron chi connectivity index (χ2n) is 5.11. The van der Waals surface area contributed by atoms with Crippen LogP contribution in [0, 0.1) is 0 Å². The minimum Gasteiger partial charge on any atom is -0.478 e. The predicted molar refractivity (Wildman–Crippen MR) is 82.2 cm³/mol. The van der Waals surface area contributed by atoms with Crippen LogP contribution in [-0.4, -0.2) is 23.2 Å². The van der Waals surface area contributed by atoms with E-state index in [-0.39, 0.29) is 23.2 Å². The topological polar surface area (TPSA) is 66.4 Å². The Morgan fingerprint density at radius 2 is 1.67 bits per heavy atom. The summed E-state index contributed by atoms with van der Waals surface area (Å²) in [4.78, 5) is 23.1. The number of aromatic carboxylic acids is 1. The maximum Gasteiger partial charge on any atom is 0.389 e. The lowest BCUT2D eigenvalue weighted by Gasteiger charge is -2.12. The van der Waals surface area contributed by atoms with Crippen molar-refractivity contribution >= 4 is 17.6 Å². The third-order valence-corrected chi connectivity index (χ3v) is 3.32. The fraction of sp³-hybridized carbons (Fsp3) is 0.176. The van der Waals surface area contributed by atoms with E-state index in [1.807, 2.05) is 0 Å². The smallest absolute Gasteiger partial charge is 0.389 e. The Morgan fingerprint density at radius 1 is 1.00 bits per heavy atom. The van der Waals surface area contributed by atoms with E-state index < -0.39 is 24.5 Å². The summed E-state index contributed by atoms with van der Waals surface area (Å²) in [5.41, 5.74) is 0.693. The van der Waals surface area contributed by atoms with E-state index in [0.29, 0.717) is 5.56 Å². The van der Waals surface area contributed by atoms with Gasteiger partial charge in [-0.1, -0.05) is 24.3 Å². The van der Waals surface area contributed by atoms with Crippen LogP contribution in [0.3, 0.4) is 0 Å². The minimum atomic E-state index is -4.28. The Labute approximate surface area is 135 Å². The van der Waals surface area contributed by atoms with Crippen molar-refractivity contribution in [2.45, 2.75) is 19.0 Å². The van der Waals surface area contributed by atoms with Gasteiger partial charge >= 0.3 is 12.1 Å². The summed E-state index contributed by atoms with van der Waals surface area (Å²) in [7, 11) is 0. The third-order valence-electron chi connectivity index (χ3n) is 3.32. The van der Waals surface area contributed by atoms with Gasteiger partial charge in [0.25, 0.3) is 5.91 Å². The normalized spacial score (nSPS) is 11.1. The molecule has 2 rings (SSSR count). The molecule has 2 N–H and O–H groups in total. The molecule has 0 fully saturated rings. The number of halogens is 3. The number of amides is 1. The number of carbonyl (C=O) groups excluding carboxylic acids is 1. The quantitative estimate of drug-likeness (QED) is 0.862. The summed E-state index contributed by atoms with van der Waals surface area (Å²) in [6.07, 6.45) is -5.53. The molecule has 0 saturated carbocycles. The molecule has 2 aromatic carbocycles. The Bertz CT molecular complexity index is 757. The maximum absolute atomic E-state index is 12.4. The lowest BCUT2D eigenvalue weighted by atomic mass is 10.1. The van der Waals surface area contributed by atoms with Crippen molar-refractivity contribution in [3.8, 4) is 0 Å². The molecule has 0 aliphatic rings. The molecule has 0 atom stereocenters. The number of aryl methyl sites for hydroxylation is 1. The Morgan fingerprint density at radius 3 is 2.33 bits per heavy atom. The van der Waals surface area contributed by atoms with Crippen molar-refractivity contribution in [3.63, 3.8) is 0 Å². The highest BCUT2D eigenvalue weighted by Crippen LogP contribution is 2.25. The second kappa shape index (κ2) is 7.16. The van der Waals surface area contributed by atoms with E-state index >= 15 is 0 Å². The molecule has 0 unspecified atom stereocenters. The highest BCUT2D eigenvalue weighted by molar-refractivity contribution is 6.05. The molecule has 0 aromatic heterocycles. The first-order valence-corrected chi connectivity index (χ1v) is 7.05. The molecule has 0 saturated heterocycles. The van der Waals surface area contributed by atoms with Gasteiger partial charge in [0.15, 0.2) is 0 Å². The summed E-state index contributed by atoms with van der Waals surface area (Å²) in [5, 5.41) is 11.5. The van der Waals surface area contributed by atoms with Crippen LogP contribution in [-0.2, 0) is 6.42 Å². The Hall–Kier alpha value is -2.83. The number of benzene rings is 2. The van der Waals surface area contributed by atoms with Crippen LogP contribution in [0.2, 0.25) is 0 Å². The number of anilines is 1. The molecule has 0 aliphatic carbocycles. The lowest BCUT2D eigenvalue weighted by Crippen LogP contribution is -2.15. The highest BCUT2D eigenvalue weighted by atomic mass is 19.4. The molecule has 0 heterocycles. The number of hydrogen-bond donors (Lipinski definition) is 2. The summed E-state index contributed by atoms with van der Waals surface area (Å²) in [5.74, 6) is -1.76. The first kappa shape index (κ1) is 17.5. The largest absolute Gasteiger partial charge is 0.478 e. The van der Waals surface area contributed by atoms with Crippen molar-refractivity contribution in [2.24, 2.45) is 0 Å². The first-order chi connectivity index (χ1) is 11.3. The zero-order valence-corrected chi connectivity index (χ0v) is 12.4. The van der Waals surface area contributed by atoms with E-state index in [2.05, 4.69) is 5.32 Å². The SMILES string of the molecule is O=C(O)c1cccc(C(=O)Nc2ccccc2CCC(F)(F)F)c1. The van der Waals surface area contributed by atoms with Crippen molar-refractivity contribution < 1.29 is 27.9 Å². The molecule has 2 aromatic rings. The van der Waals surface area contributed by atoms with Gasteiger partial charge in [-0.2, -0.15) is 13.2 Å². The number of hydrogen-bond acceptors (Lipinski definition) is 2. The van der Waals surface area contributed by atoms with Gasteiger partial charge in [-0.25, -0.2) is 4.79 Å². The molecule has 0 aliphatic heterocycles. The van der Waals surface area contributed by atoms with Gasteiger partial charge in [-0.05, 0) is 36.2 Å². The van der Waals surface area contributed by atoms with Crippen LogP contribution in [0.1, 0.15) is 32.7 Å². The zero-order chi connectivity index (χ0) is 17.7. The van der Waals surface area contributed by atoms with Gasteiger partial charge < -0.3 is 10.4 Å². The van der Waals surface area contributed by atoms with Gasteiger partial charge in [0.1, 0.15) is 0 Å². The molecule has 7 heteroatoms. The first-order valence-electron chi connectivity index (χ1n) is 7.05. The van der Waals surface area contributed by atoms with E-state index in [0.717, 1.165) is 0 Å². The maximum atomic E-state index is 12.4. The molecule has 24 heavy (non-hydrogen) atoms. The van der Waals surface area contributed by atoms with E-state index in [1.54, 1.807) is 12.1 Å². The number of rotatable bonds is 5. The van der Waals surface area contributed by atoms with Crippen molar-refractivity contribution in [3.05, 3.63) is 65.2 Å². The van der Waals surface area contributed by atoms with Crippen molar-refractivity contribution in [1.29, 1.82) is 0 Å². The van der Waals surface area contributed by atoms with Gasteiger partial charge in [-0.15, -0.1) is 0 Å². The molecule has 0 spiro atoms. The number of para-hydroxylation sites is 1. The summed E-state index contributed by atoms with van der Waals surface area (Å²) < 4.78 is 37.1. The fourth-order valence-corrected chi connectivity index (χ4v) is 2.12. The summed E-state index contributed by atoms with van der Waals surface area (Å²) in [6.45, 7) is 0. The minimum absolute atomic E-state index is 0.0481. The number of carbonyl (C=O) groups is 2. The number of nitrogens with one attached hydrogen (secondary N) is 1. The molecular formula is C17H14F3NO3. The van der Waals surface area contributed by atoms with E-state index in [9.17, 15) is 22.8 Å². The van der Waals surface area contributed by atoms with Crippen LogP contribution in [0.15, 0.2) is 48.5 Å². The van der Waals surface area contributed by atoms with Crippen LogP contribution in [0.25, 0.3) is 0 Å². The van der Waals surface area contributed by atoms with Crippen LogP contribution < -0.4 is 5.32 Å². The predicted octanol–water partition coefficient (Wildman–Crippen LogP) is 4.13. The monoisotopic (exact) mass is 337 g/mol. The van der Waals surface area contributed by atoms with Gasteiger partial charge in [-0.3, -0.25) is 4.79 Å². The summed E-state index contributed by atoms with van der Waals surface area (Å²) in [6, 6.07) is 11.6. The second-order valence-corrected chi connectivity index (χ2v) is 5.11. The lowest BCUT2D eigenvalue weighted by molar-refractivity contribution is -0.133. The number of carboxylic acids is 1. The van der Waals surface area contributed by atoms with E-state index in [1.165, 1.54) is 36.4 Å². The molecule has 4 nitrogen and oxygen atoms in total. The number of alkyl halides is 3. The third kappa shape index (κ3) is 4.84. The Balaban J connectivity index is 2.17. The number of carboxylic acid groups (broad SMARTS) is 1.